The van der Waals surface area contributed by atoms with Crippen LogP contribution in [0.25, 0.3) is 0 Å². The third-order valence-corrected chi connectivity index (χ3v) is 3.00. The van der Waals surface area contributed by atoms with Crippen molar-refractivity contribution in [3.63, 3.8) is 0 Å². The lowest BCUT2D eigenvalue weighted by Gasteiger charge is -2.07. The van der Waals surface area contributed by atoms with Crippen molar-refractivity contribution in [2.24, 2.45) is 0 Å². The van der Waals surface area contributed by atoms with Gasteiger partial charge in [-0.2, -0.15) is 0 Å². The summed E-state index contributed by atoms with van der Waals surface area (Å²) in [6.07, 6.45) is 8.05. The Labute approximate surface area is 127 Å². The van der Waals surface area contributed by atoms with E-state index < -0.39 is 0 Å². The normalized spacial score (nSPS) is 10.9. The second kappa shape index (κ2) is 8.96. The molecule has 1 rings (SSSR count). The van der Waals surface area contributed by atoms with Gasteiger partial charge in [0.1, 0.15) is 5.75 Å². The fourth-order valence-electron chi connectivity index (χ4n) is 1.93. The molecule has 0 radical (unpaired) electrons. The van der Waals surface area contributed by atoms with E-state index in [0.29, 0.717) is 12.2 Å². The quantitative estimate of drug-likeness (QED) is 0.304. The first-order valence-electron chi connectivity index (χ1n) is 7.24. The largest absolute Gasteiger partial charge is 0.423 e. The predicted octanol–water partition coefficient (Wildman–Crippen LogP) is 5.01. The lowest BCUT2D eigenvalue weighted by Crippen LogP contribution is -2.06. The van der Waals surface area contributed by atoms with Crippen molar-refractivity contribution >= 4 is 5.97 Å². The van der Waals surface area contributed by atoms with E-state index in [0.717, 1.165) is 24.0 Å². The molecular weight excluding hydrogens is 260 g/mol. The standard InChI is InChI=1S/C19H24O2/c1-5-9-17-12-6-7-13-18(17)21-19(20)14-16(4)11-8-10-15(2)3/h5-7,10,12-14H,1,8-9,11H2,2-4H3/b16-14+. The zero-order chi connectivity index (χ0) is 15.7. The first-order chi connectivity index (χ1) is 10.0. The number of rotatable bonds is 7. The van der Waals surface area contributed by atoms with Gasteiger partial charge < -0.3 is 4.74 Å². The maximum atomic E-state index is 11.9. The molecule has 2 nitrogen and oxygen atoms in total. The van der Waals surface area contributed by atoms with Crippen molar-refractivity contribution in [1.82, 2.24) is 0 Å². The van der Waals surface area contributed by atoms with E-state index in [9.17, 15) is 4.79 Å². The fourth-order valence-corrected chi connectivity index (χ4v) is 1.93. The lowest BCUT2D eigenvalue weighted by molar-refractivity contribution is -0.129. The van der Waals surface area contributed by atoms with Crippen LogP contribution in [-0.2, 0) is 11.2 Å². The van der Waals surface area contributed by atoms with Gasteiger partial charge in [-0.1, -0.05) is 41.5 Å². The molecule has 0 bridgehead atoms. The Balaban J connectivity index is 2.64. The maximum Gasteiger partial charge on any atom is 0.336 e. The van der Waals surface area contributed by atoms with Crippen LogP contribution in [0.1, 0.15) is 39.2 Å². The van der Waals surface area contributed by atoms with Gasteiger partial charge in [-0.15, -0.1) is 6.58 Å². The Morgan fingerprint density at radius 3 is 2.62 bits per heavy atom. The Morgan fingerprint density at radius 1 is 1.24 bits per heavy atom. The van der Waals surface area contributed by atoms with Gasteiger partial charge in [-0.3, -0.25) is 0 Å². The van der Waals surface area contributed by atoms with E-state index >= 15 is 0 Å². The van der Waals surface area contributed by atoms with Gasteiger partial charge in [0.05, 0.1) is 0 Å². The number of carbonyl (C=O) groups excluding carboxylic acids is 1. The monoisotopic (exact) mass is 284 g/mol. The van der Waals surface area contributed by atoms with Crippen LogP contribution in [0.15, 0.2) is 60.2 Å². The molecule has 0 saturated carbocycles. The van der Waals surface area contributed by atoms with Crippen molar-refractivity contribution in [3.05, 3.63) is 65.8 Å². The smallest absolute Gasteiger partial charge is 0.336 e. The van der Waals surface area contributed by atoms with Crippen LogP contribution in [0.5, 0.6) is 5.75 Å². The molecule has 0 aliphatic carbocycles. The summed E-state index contributed by atoms with van der Waals surface area (Å²) in [6, 6.07) is 7.54. The molecule has 1 aromatic carbocycles. The van der Waals surface area contributed by atoms with Gasteiger partial charge >= 0.3 is 5.97 Å². The molecule has 0 aliphatic heterocycles. The van der Waals surface area contributed by atoms with Crippen molar-refractivity contribution in [2.75, 3.05) is 0 Å². The van der Waals surface area contributed by atoms with Crippen LogP contribution in [-0.4, -0.2) is 5.97 Å². The van der Waals surface area contributed by atoms with E-state index in [1.807, 2.05) is 31.2 Å². The first-order valence-corrected chi connectivity index (χ1v) is 7.24. The molecule has 0 aliphatic rings. The number of esters is 1. The number of allylic oxidation sites excluding steroid dienone is 4. The summed E-state index contributed by atoms with van der Waals surface area (Å²) in [4.78, 5) is 11.9. The molecule has 2 heteroatoms. The zero-order valence-corrected chi connectivity index (χ0v) is 13.2. The van der Waals surface area contributed by atoms with Crippen LogP contribution >= 0.6 is 0 Å². The Bertz CT molecular complexity index is 546. The molecule has 0 spiro atoms. The molecule has 112 valence electrons. The summed E-state index contributed by atoms with van der Waals surface area (Å²) >= 11 is 0. The van der Waals surface area contributed by atoms with Gasteiger partial charge in [0.25, 0.3) is 0 Å². The van der Waals surface area contributed by atoms with Gasteiger partial charge in [0, 0.05) is 6.08 Å². The number of hydrogen-bond acceptors (Lipinski definition) is 2. The fraction of sp³-hybridized carbons (Fsp3) is 0.316. The summed E-state index contributed by atoms with van der Waals surface area (Å²) in [5.41, 5.74) is 3.29. The van der Waals surface area contributed by atoms with Gasteiger partial charge in [0.15, 0.2) is 0 Å². The number of hydrogen-bond donors (Lipinski definition) is 0. The second-order valence-corrected chi connectivity index (χ2v) is 5.33. The molecule has 0 aromatic heterocycles. The Hall–Kier alpha value is -2.09. The maximum absolute atomic E-state index is 11.9. The molecule has 0 fully saturated rings. The highest BCUT2D eigenvalue weighted by Gasteiger charge is 2.06. The van der Waals surface area contributed by atoms with Crippen LogP contribution in [0, 0.1) is 0 Å². The molecule has 0 heterocycles. The van der Waals surface area contributed by atoms with Gasteiger partial charge in [-0.25, -0.2) is 4.79 Å². The average molecular weight is 284 g/mol. The molecule has 0 amide bonds. The SMILES string of the molecule is C=CCc1ccccc1OC(=O)/C=C(\C)CCC=C(C)C. The highest BCUT2D eigenvalue weighted by molar-refractivity contribution is 5.85. The van der Waals surface area contributed by atoms with Gasteiger partial charge in [0.2, 0.25) is 0 Å². The number of benzene rings is 1. The van der Waals surface area contributed by atoms with Crippen molar-refractivity contribution in [2.45, 2.75) is 40.0 Å². The number of ether oxygens (including phenoxy) is 1. The number of para-hydroxylation sites is 1. The molecule has 1 aromatic rings. The van der Waals surface area contributed by atoms with E-state index in [1.54, 1.807) is 12.2 Å². The Morgan fingerprint density at radius 2 is 1.95 bits per heavy atom. The first kappa shape index (κ1) is 17.0. The van der Waals surface area contributed by atoms with Crippen LogP contribution in [0.4, 0.5) is 0 Å². The van der Waals surface area contributed by atoms with Crippen molar-refractivity contribution < 1.29 is 9.53 Å². The minimum absolute atomic E-state index is 0.318. The zero-order valence-electron chi connectivity index (χ0n) is 13.2. The molecular formula is C19H24O2. The van der Waals surface area contributed by atoms with Crippen molar-refractivity contribution in [1.29, 1.82) is 0 Å². The summed E-state index contributed by atoms with van der Waals surface area (Å²) in [5, 5.41) is 0. The summed E-state index contributed by atoms with van der Waals surface area (Å²) in [7, 11) is 0. The third-order valence-electron chi connectivity index (χ3n) is 3.00. The molecule has 0 unspecified atom stereocenters. The van der Waals surface area contributed by atoms with Crippen LogP contribution in [0.2, 0.25) is 0 Å². The predicted molar refractivity (Wildman–Crippen MR) is 88.4 cm³/mol. The van der Waals surface area contributed by atoms with E-state index in [2.05, 4.69) is 26.5 Å². The second-order valence-electron chi connectivity index (χ2n) is 5.33. The summed E-state index contributed by atoms with van der Waals surface area (Å²) in [6.45, 7) is 9.82. The Kier molecular flexibility index (Phi) is 7.24. The highest BCUT2D eigenvalue weighted by atomic mass is 16.5. The van der Waals surface area contributed by atoms with Crippen LogP contribution < -0.4 is 4.74 Å². The molecule has 0 saturated heterocycles. The third kappa shape index (κ3) is 6.75. The summed E-state index contributed by atoms with van der Waals surface area (Å²) in [5.74, 6) is 0.289. The summed E-state index contributed by atoms with van der Waals surface area (Å²) < 4.78 is 5.42. The minimum Gasteiger partial charge on any atom is -0.423 e. The molecule has 0 N–H and O–H groups in total. The average Bonchev–Trinajstić information content (AvgIpc) is 2.40. The topological polar surface area (TPSA) is 26.3 Å². The number of carbonyl (C=O) groups is 1. The van der Waals surface area contributed by atoms with E-state index in [1.165, 1.54) is 5.57 Å². The highest BCUT2D eigenvalue weighted by Crippen LogP contribution is 2.19. The van der Waals surface area contributed by atoms with E-state index in [-0.39, 0.29) is 5.97 Å². The van der Waals surface area contributed by atoms with E-state index in [4.69, 9.17) is 4.74 Å². The van der Waals surface area contributed by atoms with Crippen molar-refractivity contribution in [3.8, 4) is 5.75 Å². The molecule has 0 atom stereocenters. The van der Waals surface area contributed by atoms with Gasteiger partial charge in [-0.05, 0) is 51.7 Å². The minimum atomic E-state index is -0.318. The lowest BCUT2D eigenvalue weighted by atomic mass is 10.1. The molecule has 21 heavy (non-hydrogen) atoms. The van der Waals surface area contributed by atoms with Crippen LogP contribution in [0.3, 0.4) is 0 Å².